The van der Waals surface area contributed by atoms with Crippen molar-refractivity contribution in [3.05, 3.63) is 40.4 Å². The Morgan fingerprint density at radius 3 is 2.18 bits per heavy atom. The van der Waals surface area contributed by atoms with Gasteiger partial charge >= 0.3 is 0 Å². The van der Waals surface area contributed by atoms with Crippen molar-refractivity contribution in [2.45, 2.75) is 26.7 Å². The molecule has 0 atom stereocenters. The highest BCUT2D eigenvalue weighted by Gasteiger charge is 2.06. The van der Waals surface area contributed by atoms with Gasteiger partial charge in [0.2, 0.25) is 0 Å². The van der Waals surface area contributed by atoms with Crippen LogP contribution in [0.2, 0.25) is 0 Å². The second kappa shape index (κ2) is 5.36. The molecular formula is C13H14BrN3. The van der Waals surface area contributed by atoms with Gasteiger partial charge in [-0.2, -0.15) is 0 Å². The lowest BCUT2D eigenvalue weighted by atomic mass is 10.2. The van der Waals surface area contributed by atoms with E-state index in [0.717, 1.165) is 40.4 Å². The summed E-state index contributed by atoms with van der Waals surface area (Å²) in [6.45, 7) is 4.11. The molecule has 2 aromatic rings. The quantitative estimate of drug-likeness (QED) is 0.870. The molecule has 0 radical (unpaired) electrons. The van der Waals surface area contributed by atoms with E-state index in [1.165, 1.54) is 0 Å². The molecule has 0 aliphatic rings. The smallest absolute Gasteiger partial charge is 0.163 e. The molecule has 1 aromatic carbocycles. The fourth-order valence-corrected chi connectivity index (χ4v) is 1.94. The summed E-state index contributed by atoms with van der Waals surface area (Å²) < 4.78 is 1.03. The molecule has 0 fully saturated rings. The number of benzene rings is 1. The molecule has 0 aliphatic heterocycles. The van der Waals surface area contributed by atoms with Crippen molar-refractivity contribution >= 4 is 15.9 Å². The number of aryl methyl sites for hydroxylation is 2. The predicted molar refractivity (Wildman–Crippen MR) is 71.7 cm³/mol. The Bertz CT molecular complexity index is 504. The molecule has 88 valence electrons. The van der Waals surface area contributed by atoms with Crippen LogP contribution in [0.25, 0.3) is 11.4 Å². The molecule has 0 spiro atoms. The van der Waals surface area contributed by atoms with Crippen LogP contribution in [0, 0.1) is 0 Å². The van der Waals surface area contributed by atoms with Gasteiger partial charge in [-0.15, -0.1) is 0 Å². The summed E-state index contributed by atoms with van der Waals surface area (Å²) in [7, 11) is 0. The van der Waals surface area contributed by atoms with Crippen LogP contribution in [0.3, 0.4) is 0 Å². The molecule has 2 rings (SSSR count). The Hall–Kier alpha value is -1.29. The lowest BCUT2D eigenvalue weighted by molar-refractivity contribution is 0.831. The molecular weight excluding hydrogens is 278 g/mol. The van der Waals surface area contributed by atoms with Crippen molar-refractivity contribution in [2.24, 2.45) is 0 Å². The van der Waals surface area contributed by atoms with E-state index in [4.69, 9.17) is 0 Å². The third-order valence-electron chi connectivity index (χ3n) is 2.44. The fourth-order valence-electron chi connectivity index (χ4n) is 1.54. The Balaban J connectivity index is 2.50. The van der Waals surface area contributed by atoms with Gasteiger partial charge in [0.25, 0.3) is 0 Å². The third kappa shape index (κ3) is 2.88. The maximum absolute atomic E-state index is 4.47. The van der Waals surface area contributed by atoms with Gasteiger partial charge in [-0.25, -0.2) is 15.0 Å². The predicted octanol–water partition coefficient (Wildman–Crippen LogP) is 3.43. The summed E-state index contributed by atoms with van der Waals surface area (Å²) >= 11 is 3.46. The zero-order valence-electron chi connectivity index (χ0n) is 9.94. The van der Waals surface area contributed by atoms with Gasteiger partial charge in [0.05, 0.1) is 0 Å². The molecule has 1 aromatic heterocycles. The van der Waals surface area contributed by atoms with E-state index in [2.05, 4.69) is 44.7 Å². The summed E-state index contributed by atoms with van der Waals surface area (Å²) in [5, 5.41) is 0. The van der Waals surface area contributed by atoms with E-state index >= 15 is 0 Å². The van der Waals surface area contributed by atoms with Crippen molar-refractivity contribution in [2.75, 3.05) is 0 Å². The number of hydrogen-bond acceptors (Lipinski definition) is 3. The molecule has 0 N–H and O–H groups in total. The van der Waals surface area contributed by atoms with Crippen LogP contribution in [0.4, 0.5) is 0 Å². The minimum atomic E-state index is 0.759. The highest BCUT2D eigenvalue weighted by molar-refractivity contribution is 9.10. The van der Waals surface area contributed by atoms with Gasteiger partial charge in [0.1, 0.15) is 11.6 Å². The van der Waals surface area contributed by atoms with Crippen molar-refractivity contribution in [3.63, 3.8) is 0 Å². The highest BCUT2D eigenvalue weighted by atomic mass is 79.9. The molecule has 3 nitrogen and oxygen atoms in total. The largest absolute Gasteiger partial charge is 0.218 e. The van der Waals surface area contributed by atoms with Gasteiger partial charge in [-0.05, 0) is 12.1 Å². The number of aromatic nitrogens is 3. The monoisotopic (exact) mass is 291 g/mol. The van der Waals surface area contributed by atoms with E-state index in [1.54, 1.807) is 0 Å². The minimum Gasteiger partial charge on any atom is -0.218 e. The van der Waals surface area contributed by atoms with Gasteiger partial charge < -0.3 is 0 Å². The zero-order chi connectivity index (χ0) is 12.3. The first-order valence-corrected chi connectivity index (χ1v) is 6.52. The van der Waals surface area contributed by atoms with Gasteiger partial charge in [-0.3, -0.25) is 0 Å². The average Bonchev–Trinajstić information content (AvgIpc) is 2.38. The molecule has 0 amide bonds. The molecule has 4 heteroatoms. The molecule has 0 bridgehead atoms. The van der Waals surface area contributed by atoms with Crippen LogP contribution in [-0.4, -0.2) is 15.0 Å². The Labute approximate surface area is 109 Å². The number of nitrogens with zero attached hydrogens (tertiary/aromatic N) is 3. The maximum atomic E-state index is 4.47. The van der Waals surface area contributed by atoms with Crippen LogP contribution in [0.5, 0.6) is 0 Å². The molecule has 17 heavy (non-hydrogen) atoms. The van der Waals surface area contributed by atoms with Crippen molar-refractivity contribution in [1.29, 1.82) is 0 Å². The molecule has 0 unspecified atom stereocenters. The van der Waals surface area contributed by atoms with E-state index in [1.807, 2.05) is 24.3 Å². The summed E-state index contributed by atoms with van der Waals surface area (Å²) in [5.41, 5.74) is 1.02. The lowest BCUT2D eigenvalue weighted by Crippen LogP contribution is -2.03. The maximum Gasteiger partial charge on any atom is 0.163 e. The Kier molecular flexibility index (Phi) is 3.84. The van der Waals surface area contributed by atoms with Crippen LogP contribution in [-0.2, 0) is 12.8 Å². The standard InChI is InChI=1S/C13H14BrN3/c1-3-11-15-12(4-2)17-13(16-11)9-6-5-7-10(14)8-9/h5-8H,3-4H2,1-2H3. The number of rotatable bonds is 3. The summed E-state index contributed by atoms with van der Waals surface area (Å²) in [6, 6.07) is 8.01. The summed E-state index contributed by atoms with van der Waals surface area (Å²) in [5.74, 6) is 2.47. The van der Waals surface area contributed by atoms with E-state index in [9.17, 15) is 0 Å². The molecule has 1 heterocycles. The van der Waals surface area contributed by atoms with Crippen molar-refractivity contribution in [1.82, 2.24) is 15.0 Å². The zero-order valence-corrected chi connectivity index (χ0v) is 11.5. The molecule has 0 saturated heterocycles. The number of hydrogen-bond donors (Lipinski definition) is 0. The fraction of sp³-hybridized carbons (Fsp3) is 0.308. The third-order valence-corrected chi connectivity index (χ3v) is 2.94. The van der Waals surface area contributed by atoms with E-state index < -0.39 is 0 Å². The summed E-state index contributed by atoms with van der Waals surface area (Å²) in [4.78, 5) is 13.3. The van der Waals surface area contributed by atoms with Crippen LogP contribution >= 0.6 is 15.9 Å². The first-order valence-electron chi connectivity index (χ1n) is 5.72. The molecule has 0 saturated carbocycles. The second-order valence-corrected chi connectivity index (χ2v) is 4.62. The first-order chi connectivity index (χ1) is 8.22. The van der Waals surface area contributed by atoms with Crippen LogP contribution in [0.1, 0.15) is 25.5 Å². The van der Waals surface area contributed by atoms with Crippen LogP contribution in [0.15, 0.2) is 28.7 Å². The highest BCUT2D eigenvalue weighted by Crippen LogP contribution is 2.20. The average molecular weight is 292 g/mol. The SMILES string of the molecule is CCc1nc(CC)nc(-c2cccc(Br)c2)n1. The second-order valence-electron chi connectivity index (χ2n) is 3.71. The normalized spacial score (nSPS) is 10.5. The van der Waals surface area contributed by atoms with Crippen molar-refractivity contribution in [3.8, 4) is 11.4 Å². The van der Waals surface area contributed by atoms with Gasteiger partial charge in [0, 0.05) is 22.9 Å². The summed E-state index contributed by atoms with van der Waals surface area (Å²) in [6.07, 6.45) is 1.66. The van der Waals surface area contributed by atoms with Crippen molar-refractivity contribution < 1.29 is 0 Å². The minimum absolute atomic E-state index is 0.759. The van der Waals surface area contributed by atoms with Crippen LogP contribution < -0.4 is 0 Å². The van der Waals surface area contributed by atoms with Gasteiger partial charge in [-0.1, -0.05) is 41.9 Å². The van der Waals surface area contributed by atoms with E-state index in [-0.39, 0.29) is 0 Å². The first kappa shape index (κ1) is 12.2. The Morgan fingerprint density at radius 2 is 1.65 bits per heavy atom. The molecule has 0 aliphatic carbocycles. The Morgan fingerprint density at radius 1 is 1.00 bits per heavy atom. The van der Waals surface area contributed by atoms with Gasteiger partial charge in [0.15, 0.2) is 5.82 Å². The lowest BCUT2D eigenvalue weighted by Gasteiger charge is -2.05. The number of halogens is 1. The topological polar surface area (TPSA) is 38.7 Å². The van der Waals surface area contributed by atoms with E-state index in [0.29, 0.717) is 0 Å².